The Bertz CT molecular complexity index is 831. The van der Waals surface area contributed by atoms with Gasteiger partial charge < -0.3 is 0 Å². The Labute approximate surface area is 144 Å². The quantitative estimate of drug-likeness (QED) is 0.560. The molecule has 0 spiro atoms. The SMILES string of the molecule is CC1=CCC(c2ccccc2C=NNc2c(C)cc(C)cc2C)=C1. The van der Waals surface area contributed by atoms with Crippen LogP contribution < -0.4 is 5.43 Å². The Hall–Kier alpha value is -2.61. The second-order valence-corrected chi connectivity index (χ2v) is 6.55. The van der Waals surface area contributed by atoms with Crippen molar-refractivity contribution in [2.75, 3.05) is 5.43 Å². The predicted molar refractivity (Wildman–Crippen MR) is 105 cm³/mol. The van der Waals surface area contributed by atoms with E-state index in [0.717, 1.165) is 17.7 Å². The molecule has 24 heavy (non-hydrogen) atoms. The predicted octanol–water partition coefficient (Wildman–Crippen LogP) is 5.79. The number of anilines is 1. The molecule has 0 saturated heterocycles. The lowest BCUT2D eigenvalue weighted by Gasteiger charge is -2.11. The maximum absolute atomic E-state index is 4.50. The number of benzene rings is 2. The van der Waals surface area contributed by atoms with Crippen molar-refractivity contribution in [2.45, 2.75) is 34.1 Å². The van der Waals surface area contributed by atoms with E-state index < -0.39 is 0 Å². The van der Waals surface area contributed by atoms with Crippen LogP contribution >= 0.6 is 0 Å². The number of nitrogens with one attached hydrogen (secondary N) is 1. The molecule has 1 N–H and O–H groups in total. The molecule has 2 aromatic rings. The maximum Gasteiger partial charge on any atom is 0.0620 e. The summed E-state index contributed by atoms with van der Waals surface area (Å²) in [4.78, 5) is 0. The van der Waals surface area contributed by atoms with Crippen molar-refractivity contribution in [1.29, 1.82) is 0 Å². The van der Waals surface area contributed by atoms with E-state index in [1.165, 1.54) is 33.4 Å². The third-order valence-corrected chi connectivity index (χ3v) is 4.41. The van der Waals surface area contributed by atoms with Crippen LogP contribution in [0.2, 0.25) is 0 Å². The number of hydrazone groups is 1. The van der Waals surface area contributed by atoms with Crippen molar-refractivity contribution in [1.82, 2.24) is 0 Å². The number of hydrogen-bond donors (Lipinski definition) is 1. The molecule has 0 unspecified atom stereocenters. The standard InChI is InChI=1S/C22H24N2/c1-15-9-10-19(13-15)21-8-6-5-7-20(21)14-23-24-22-17(3)11-16(2)12-18(22)4/h5-9,11-14,24H,10H2,1-4H3. The summed E-state index contributed by atoms with van der Waals surface area (Å²) in [5.41, 5.74) is 13.1. The van der Waals surface area contributed by atoms with Gasteiger partial charge in [-0.2, -0.15) is 5.10 Å². The maximum atomic E-state index is 4.50. The summed E-state index contributed by atoms with van der Waals surface area (Å²) in [6.45, 7) is 8.50. The molecule has 0 fully saturated rings. The minimum absolute atomic E-state index is 1.00. The van der Waals surface area contributed by atoms with Crippen LogP contribution in [-0.4, -0.2) is 6.21 Å². The molecule has 0 amide bonds. The summed E-state index contributed by atoms with van der Waals surface area (Å²) in [5, 5.41) is 4.50. The number of nitrogens with zero attached hydrogens (tertiary/aromatic N) is 1. The lowest BCUT2D eigenvalue weighted by Crippen LogP contribution is -1.98. The first-order chi connectivity index (χ1) is 11.5. The summed E-state index contributed by atoms with van der Waals surface area (Å²) in [5.74, 6) is 0. The largest absolute Gasteiger partial charge is 0.278 e. The van der Waals surface area contributed by atoms with Gasteiger partial charge in [0.15, 0.2) is 0 Å². The molecule has 2 aromatic carbocycles. The highest BCUT2D eigenvalue weighted by Gasteiger charge is 2.09. The highest BCUT2D eigenvalue weighted by molar-refractivity contribution is 5.90. The molecule has 2 nitrogen and oxygen atoms in total. The van der Waals surface area contributed by atoms with Gasteiger partial charge in [0.05, 0.1) is 11.9 Å². The summed E-state index contributed by atoms with van der Waals surface area (Å²) < 4.78 is 0. The Balaban J connectivity index is 1.83. The fraction of sp³-hybridized carbons (Fsp3) is 0.227. The molecule has 0 bridgehead atoms. The van der Waals surface area contributed by atoms with E-state index in [4.69, 9.17) is 0 Å². The van der Waals surface area contributed by atoms with Gasteiger partial charge in [0.25, 0.3) is 0 Å². The van der Waals surface area contributed by atoms with Crippen LogP contribution in [-0.2, 0) is 0 Å². The van der Waals surface area contributed by atoms with Crippen LogP contribution in [0.3, 0.4) is 0 Å². The lowest BCUT2D eigenvalue weighted by atomic mass is 9.99. The van der Waals surface area contributed by atoms with Gasteiger partial charge >= 0.3 is 0 Å². The van der Waals surface area contributed by atoms with Gasteiger partial charge in [-0.05, 0) is 56.4 Å². The van der Waals surface area contributed by atoms with Gasteiger partial charge in [0, 0.05) is 5.56 Å². The molecule has 2 heteroatoms. The second kappa shape index (κ2) is 6.88. The molecule has 0 aromatic heterocycles. The summed E-state index contributed by atoms with van der Waals surface area (Å²) in [7, 11) is 0. The van der Waals surface area contributed by atoms with Gasteiger partial charge in [-0.15, -0.1) is 0 Å². The van der Waals surface area contributed by atoms with Crippen molar-refractivity contribution in [3.8, 4) is 0 Å². The van der Waals surface area contributed by atoms with E-state index in [1.54, 1.807) is 0 Å². The van der Waals surface area contributed by atoms with E-state index >= 15 is 0 Å². The monoisotopic (exact) mass is 316 g/mol. The Morgan fingerprint density at radius 2 is 1.71 bits per heavy atom. The van der Waals surface area contributed by atoms with Crippen molar-refractivity contribution in [3.63, 3.8) is 0 Å². The van der Waals surface area contributed by atoms with Crippen molar-refractivity contribution < 1.29 is 0 Å². The molecule has 1 aliphatic rings. The van der Waals surface area contributed by atoms with Crippen molar-refractivity contribution in [3.05, 3.63) is 81.9 Å². The molecular weight excluding hydrogens is 292 g/mol. The van der Waals surface area contributed by atoms with Gasteiger partial charge in [-0.25, -0.2) is 0 Å². The minimum atomic E-state index is 1.00. The number of rotatable bonds is 4. The summed E-state index contributed by atoms with van der Waals surface area (Å²) >= 11 is 0. The van der Waals surface area contributed by atoms with Crippen LogP contribution in [0.4, 0.5) is 5.69 Å². The van der Waals surface area contributed by atoms with E-state index in [1.807, 2.05) is 6.21 Å². The highest BCUT2D eigenvalue weighted by Crippen LogP contribution is 2.28. The Morgan fingerprint density at radius 1 is 1.00 bits per heavy atom. The number of allylic oxidation sites excluding steroid dienone is 4. The summed E-state index contributed by atoms with van der Waals surface area (Å²) in [6, 6.07) is 12.8. The number of aryl methyl sites for hydroxylation is 3. The van der Waals surface area contributed by atoms with Crippen LogP contribution in [0.25, 0.3) is 5.57 Å². The first-order valence-corrected chi connectivity index (χ1v) is 8.38. The topological polar surface area (TPSA) is 24.4 Å². The lowest BCUT2D eigenvalue weighted by molar-refractivity contribution is 1.25. The second-order valence-electron chi connectivity index (χ2n) is 6.55. The third-order valence-electron chi connectivity index (χ3n) is 4.41. The smallest absolute Gasteiger partial charge is 0.0620 e. The zero-order chi connectivity index (χ0) is 17.1. The molecule has 0 saturated carbocycles. The van der Waals surface area contributed by atoms with E-state index in [2.05, 4.69) is 86.8 Å². The average molecular weight is 316 g/mol. The van der Waals surface area contributed by atoms with Crippen LogP contribution in [0, 0.1) is 20.8 Å². The Morgan fingerprint density at radius 3 is 2.38 bits per heavy atom. The van der Waals surface area contributed by atoms with Crippen LogP contribution in [0.5, 0.6) is 0 Å². The summed E-state index contributed by atoms with van der Waals surface area (Å²) in [6.07, 6.45) is 7.44. The molecule has 0 aliphatic heterocycles. The molecule has 0 heterocycles. The molecular formula is C22H24N2. The Kier molecular flexibility index (Phi) is 4.66. The first kappa shape index (κ1) is 16.3. The van der Waals surface area contributed by atoms with Gasteiger partial charge in [0.2, 0.25) is 0 Å². The molecule has 122 valence electrons. The van der Waals surface area contributed by atoms with Crippen molar-refractivity contribution in [2.24, 2.45) is 5.10 Å². The van der Waals surface area contributed by atoms with Crippen LogP contribution in [0.1, 0.15) is 41.2 Å². The molecule has 0 atom stereocenters. The zero-order valence-corrected chi connectivity index (χ0v) is 14.9. The fourth-order valence-electron chi connectivity index (χ4n) is 3.28. The molecule has 1 aliphatic carbocycles. The van der Waals surface area contributed by atoms with Gasteiger partial charge in [-0.1, -0.05) is 59.7 Å². The number of hydrogen-bond acceptors (Lipinski definition) is 2. The van der Waals surface area contributed by atoms with Gasteiger partial charge in [-0.3, -0.25) is 5.43 Å². The minimum Gasteiger partial charge on any atom is -0.278 e. The van der Waals surface area contributed by atoms with Crippen molar-refractivity contribution >= 4 is 17.5 Å². The van der Waals surface area contributed by atoms with Gasteiger partial charge in [0.1, 0.15) is 0 Å². The average Bonchev–Trinajstić information content (AvgIpc) is 2.96. The van der Waals surface area contributed by atoms with E-state index in [-0.39, 0.29) is 0 Å². The van der Waals surface area contributed by atoms with E-state index in [0.29, 0.717) is 0 Å². The molecule has 3 rings (SSSR count). The normalized spacial score (nSPS) is 14.0. The van der Waals surface area contributed by atoms with Crippen LogP contribution in [0.15, 0.2) is 59.2 Å². The van der Waals surface area contributed by atoms with E-state index in [9.17, 15) is 0 Å². The third kappa shape index (κ3) is 3.48. The zero-order valence-electron chi connectivity index (χ0n) is 14.9. The first-order valence-electron chi connectivity index (χ1n) is 8.38. The fourth-order valence-corrected chi connectivity index (χ4v) is 3.28. The highest BCUT2D eigenvalue weighted by atomic mass is 15.3. The molecule has 0 radical (unpaired) electrons.